The summed E-state index contributed by atoms with van der Waals surface area (Å²) in [5, 5.41) is 3.50. The first-order valence-electron chi connectivity index (χ1n) is 6.66. The molecule has 3 nitrogen and oxygen atoms in total. The lowest BCUT2D eigenvalue weighted by Gasteiger charge is -2.23. The van der Waals surface area contributed by atoms with E-state index in [0.29, 0.717) is 0 Å². The summed E-state index contributed by atoms with van der Waals surface area (Å²) < 4.78 is 10.9. The standard InChI is InChI=1S/C15H25NO2Si/c1-5-15(14-10-7-6-8-11-14)16-12-9-13-19(4,17-2)18-3/h5-8,10-11,15-16H,1,9,12-13H2,2-4H3. The zero-order valence-corrected chi connectivity index (χ0v) is 13.2. The highest BCUT2D eigenvalue weighted by Crippen LogP contribution is 2.15. The highest BCUT2D eigenvalue weighted by Gasteiger charge is 2.27. The third-order valence-electron chi connectivity index (χ3n) is 3.43. The molecule has 1 atom stereocenters. The number of rotatable bonds is 9. The molecular weight excluding hydrogens is 254 g/mol. The molecule has 0 saturated heterocycles. The lowest BCUT2D eigenvalue weighted by Crippen LogP contribution is -2.36. The van der Waals surface area contributed by atoms with E-state index in [-0.39, 0.29) is 6.04 Å². The van der Waals surface area contributed by atoms with Gasteiger partial charge in [-0.15, -0.1) is 6.58 Å². The normalized spacial score (nSPS) is 13.2. The van der Waals surface area contributed by atoms with E-state index in [2.05, 4.69) is 30.6 Å². The van der Waals surface area contributed by atoms with E-state index >= 15 is 0 Å². The van der Waals surface area contributed by atoms with Crippen LogP contribution in [0.1, 0.15) is 18.0 Å². The molecule has 106 valence electrons. The van der Waals surface area contributed by atoms with Crippen LogP contribution >= 0.6 is 0 Å². The van der Waals surface area contributed by atoms with Gasteiger partial charge in [0.05, 0.1) is 6.04 Å². The number of nitrogens with one attached hydrogen (secondary N) is 1. The molecule has 1 unspecified atom stereocenters. The molecule has 4 heteroatoms. The first kappa shape index (κ1) is 16.1. The van der Waals surface area contributed by atoms with E-state index in [0.717, 1.165) is 19.0 Å². The number of benzene rings is 1. The Morgan fingerprint density at radius 1 is 1.26 bits per heavy atom. The van der Waals surface area contributed by atoms with E-state index in [9.17, 15) is 0 Å². The predicted octanol–water partition coefficient (Wildman–Crippen LogP) is 3.26. The van der Waals surface area contributed by atoms with E-state index < -0.39 is 8.56 Å². The van der Waals surface area contributed by atoms with Crippen LogP contribution in [0.2, 0.25) is 12.6 Å². The van der Waals surface area contributed by atoms with E-state index in [1.807, 2.05) is 24.3 Å². The molecule has 0 aromatic heterocycles. The van der Waals surface area contributed by atoms with Crippen molar-refractivity contribution in [1.82, 2.24) is 5.32 Å². The van der Waals surface area contributed by atoms with Gasteiger partial charge in [-0.2, -0.15) is 0 Å². The Hall–Kier alpha value is -0.943. The second-order valence-corrected chi connectivity index (χ2v) is 8.31. The third-order valence-corrected chi connectivity index (χ3v) is 6.42. The van der Waals surface area contributed by atoms with Gasteiger partial charge in [-0.25, -0.2) is 0 Å². The molecule has 1 N–H and O–H groups in total. The quantitative estimate of drug-likeness (QED) is 0.427. The Morgan fingerprint density at radius 2 is 1.89 bits per heavy atom. The Balaban J connectivity index is 2.37. The summed E-state index contributed by atoms with van der Waals surface area (Å²) in [6.07, 6.45) is 2.99. The second-order valence-electron chi connectivity index (χ2n) is 4.72. The van der Waals surface area contributed by atoms with Crippen molar-refractivity contribution < 1.29 is 8.85 Å². The first-order chi connectivity index (χ1) is 9.15. The van der Waals surface area contributed by atoms with Gasteiger partial charge in [-0.05, 0) is 31.1 Å². The SMILES string of the molecule is C=CC(NCCC[Si](C)(OC)OC)c1ccccc1. The summed E-state index contributed by atoms with van der Waals surface area (Å²) in [7, 11) is 1.55. The fraction of sp³-hybridized carbons (Fsp3) is 0.467. The zero-order chi connectivity index (χ0) is 14.1. The van der Waals surface area contributed by atoms with Gasteiger partial charge >= 0.3 is 8.56 Å². The minimum absolute atomic E-state index is 0.208. The summed E-state index contributed by atoms with van der Waals surface area (Å²) in [6.45, 7) is 6.92. The largest absolute Gasteiger partial charge is 0.398 e. The molecule has 0 saturated carbocycles. The Bertz CT molecular complexity index is 366. The lowest BCUT2D eigenvalue weighted by atomic mass is 10.1. The molecule has 0 fully saturated rings. The minimum Gasteiger partial charge on any atom is -0.398 e. The lowest BCUT2D eigenvalue weighted by molar-refractivity contribution is 0.248. The van der Waals surface area contributed by atoms with Crippen molar-refractivity contribution in [1.29, 1.82) is 0 Å². The van der Waals surface area contributed by atoms with Crippen molar-refractivity contribution in [2.45, 2.75) is 25.1 Å². The molecule has 0 aliphatic heterocycles. The summed E-state index contributed by atoms with van der Waals surface area (Å²) >= 11 is 0. The maximum Gasteiger partial charge on any atom is 0.334 e. The zero-order valence-electron chi connectivity index (χ0n) is 12.2. The molecule has 0 bridgehead atoms. The Kier molecular flexibility index (Phi) is 7.01. The van der Waals surface area contributed by atoms with Crippen LogP contribution in [0, 0.1) is 0 Å². The van der Waals surface area contributed by atoms with E-state index in [1.54, 1.807) is 14.2 Å². The van der Waals surface area contributed by atoms with Crippen LogP contribution in [0.5, 0.6) is 0 Å². The summed E-state index contributed by atoms with van der Waals surface area (Å²) in [4.78, 5) is 0. The van der Waals surface area contributed by atoms with Crippen LogP contribution in [-0.2, 0) is 8.85 Å². The molecular formula is C15H25NO2Si. The van der Waals surface area contributed by atoms with Gasteiger partial charge < -0.3 is 14.2 Å². The maximum absolute atomic E-state index is 5.47. The first-order valence-corrected chi connectivity index (χ1v) is 9.19. The monoisotopic (exact) mass is 279 g/mol. The third kappa shape index (κ3) is 5.28. The summed E-state index contributed by atoms with van der Waals surface area (Å²) in [5.74, 6) is 0. The molecule has 1 rings (SSSR count). The predicted molar refractivity (Wildman–Crippen MR) is 82.4 cm³/mol. The highest BCUT2D eigenvalue weighted by atomic mass is 28.4. The molecule has 0 heterocycles. The van der Waals surface area contributed by atoms with Crippen LogP contribution in [0.25, 0.3) is 0 Å². The van der Waals surface area contributed by atoms with Gasteiger partial charge in [0, 0.05) is 14.2 Å². The van der Waals surface area contributed by atoms with Crippen molar-refractivity contribution >= 4 is 8.56 Å². The van der Waals surface area contributed by atoms with Crippen LogP contribution in [0.3, 0.4) is 0 Å². The minimum atomic E-state index is -1.92. The molecule has 0 amide bonds. The molecule has 0 radical (unpaired) electrons. The molecule has 0 aliphatic carbocycles. The molecule has 0 spiro atoms. The molecule has 1 aromatic rings. The van der Waals surface area contributed by atoms with Crippen LogP contribution in [0.15, 0.2) is 43.0 Å². The average molecular weight is 279 g/mol. The molecule has 19 heavy (non-hydrogen) atoms. The van der Waals surface area contributed by atoms with Crippen molar-refractivity contribution in [3.63, 3.8) is 0 Å². The van der Waals surface area contributed by atoms with Crippen molar-refractivity contribution in [3.8, 4) is 0 Å². The van der Waals surface area contributed by atoms with Crippen molar-refractivity contribution in [3.05, 3.63) is 48.6 Å². The van der Waals surface area contributed by atoms with E-state index in [1.165, 1.54) is 5.56 Å². The maximum atomic E-state index is 5.47. The van der Waals surface area contributed by atoms with Gasteiger partial charge in [-0.3, -0.25) is 0 Å². The smallest absolute Gasteiger partial charge is 0.334 e. The van der Waals surface area contributed by atoms with Crippen LogP contribution < -0.4 is 5.32 Å². The average Bonchev–Trinajstić information content (AvgIpc) is 2.48. The van der Waals surface area contributed by atoms with Crippen LogP contribution in [-0.4, -0.2) is 29.3 Å². The molecule has 1 aromatic carbocycles. The highest BCUT2D eigenvalue weighted by molar-refractivity contribution is 6.65. The number of hydrogen-bond donors (Lipinski definition) is 1. The summed E-state index contributed by atoms with van der Waals surface area (Å²) in [6, 6.07) is 11.6. The van der Waals surface area contributed by atoms with Gasteiger partial charge in [0.25, 0.3) is 0 Å². The fourth-order valence-corrected chi connectivity index (χ4v) is 3.35. The van der Waals surface area contributed by atoms with Crippen LogP contribution in [0.4, 0.5) is 0 Å². The Morgan fingerprint density at radius 3 is 2.42 bits per heavy atom. The van der Waals surface area contributed by atoms with Gasteiger partial charge in [0.15, 0.2) is 0 Å². The summed E-state index contributed by atoms with van der Waals surface area (Å²) in [5.41, 5.74) is 1.25. The number of hydrogen-bond acceptors (Lipinski definition) is 3. The van der Waals surface area contributed by atoms with Crippen molar-refractivity contribution in [2.75, 3.05) is 20.8 Å². The van der Waals surface area contributed by atoms with Gasteiger partial charge in [0.2, 0.25) is 0 Å². The fourth-order valence-electron chi connectivity index (χ4n) is 1.95. The van der Waals surface area contributed by atoms with Crippen molar-refractivity contribution in [2.24, 2.45) is 0 Å². The van der Waals surface area contributed by atoms with Gasteiger partial charge in [0.1, 0.15) is 0 Å². The topological polar surface area (TPSA) is 30.5 Å². The van der Waals surface area contributed by atoms with E-state index in [4.69, 9.17) is 8.85 Å². The molecule has 0 aliphatic rings. The van der Waals surface area contributed by atoms with Gasteiger partial charge in [-0.1, -0.05) is 36.4 Å². The Labute approximate surface area is 117 Å². The second kappa shape index (κ2) is 8.27.